The van der Waals surface area contributed by atoms with Gasteiger partial charge in [-0.2, -0.15) is 0 Å². The molecule has 2 N–H and O–H groups in total. The number of hydrogen-bond acceptors (Lipinski definition) is 3. The van der Waals surface area contributed by atoms with Crippen molar-refractivity contribution in [1.82, 2.24) is 10.6 Å². The molecule has 0 saturated carbocycles. The number of nitrogens with one attached hydrogen (secondary N) is 2. The van der Waals surface area contributed by atoms with Crippen LogP contribution in [0.1, 0.15) is 74.8 Å². The van der Waals surface area contributed by atoms with Crippen molar-refractivity contribution in [2.45, 2.75) is 63.7 Å². The van der Waals surface area contributed by atoms with Crippen LogP contribution in [0.5, 0.6) is 0 Å². The van der Waals surface area contributed by atoms with Crippen molar-refractivity contribution in [3.05, 3.63) is 71.3 Å². The Hall–Kier alpha value is -2.43. The second kappa shape index (κ2) is 13.1. The summed E-state index contributed by atoms with van der Waals surface area (Å²) in [6.07, 6.45) is 10.9. The fourth-order valence-electron chi connectivity index (χ4n) is 4.12. The molecule has 0 bridgehead atoms. The van der Waals surface area contributed by atoms with Crippen molar-refractivity contribution in [2.75, 3.05) is 19.6 Å². The van der Waals surface area contributed by atoms with Crippen LogP contribution in [0, 0.1) is 11.6 Å². The minimum Gasteiger partial charge on any atom is -0.356 e. The predicted octanol–water partition coefficient (Wildman–Crippen LogP) is 6.16. The molecule has 5 heteroatoms. The first-order valence-corrected chi connectivity index (χ1v) is 11.8. The largest absolute Gasteiger partial charge is 0.356 e. The average molecular weight is 428 g/mol. The summed E-state index contributed by atoms with van der Waals surface area (Å²) in [4.78, 5) is 4.75. The molecule has 2 aromatic rings. The highest BCUT2D eigenvalue weighted by molar-refractivity contribution is 5.79. The van der Waals surface area contributed by atoms with Gasteiger partial charge in [0.1, 0.15) is 11.6 Å². The quantitative estimate of drug-likeness (QED) is 0.600. The molecule has 1 heterocycles. The zero-order chi connectivity index (χ0) is 21.7. The highest BCUT2D eigenvalue weighted by Gasteiger charge is 2.15. The van der Waals surface area contributed by atoms with Gasteiger partial charge in [0.2, 0.25) is 0 Å². The van der Waals surface area contributed by atoms with E-state index in [4.69, 9.17) is 4.99 Å². The summed E-state index contributed by atoms with van der Waals surface area (Å²) in [7, 11) is 0. The Morgan fingerprint density at radius 3 is 1.84 bits per heavy atom. The van der Waals surface area contributed by atoms with E-state index in [1.165, 1.54) is 62.8 Å². The van der Waals surface area contributed by atoms with Gasteiger partial charge in [-0.25, -0.2) is 8.78 Å². The van der Waals surface area contributed by atoms with E-state index in [0.717, 1.165) is 56.0 Å². The van der Waals surface area contributed by atoms with Crippen molar-refractivity contribution in [2.24, 2.45) is 4.99 Å². The van der Waals surface area contributed by atoms with Gasteiger partial charge in [-0.3, -0.25) is 4.99 Å². The third-order valence-electron chi connectivity index (χ3n) is 5.92. The molecule has 3 nitrogen and oxygen atoms in total. The van der Waals surface area contributed by atoms with Gasteiger partial charge in [0, 0.05) is 25.6 Å². The Morgan fingerprint density at radius 2 is 1.26 bits per heavy atom. The molecular weight excluding hydrogens is 392 g/mol. The first-order valence-electron chi connectivity index (χ1n) is 11.8. The summed E-state index contributed by atoms with van der Waals surface area (Å²) in [6.45, 7) is 2.51. The molecule has 0 atom stereocenters. The first kappa shape index (κ1) is 23.2. The van der Waals surface area contributed by atoms with E-state index >= 15 is 0 Å². The van der Waals surface area contributed by atoms with Gasteiger partial charge in [-0.05, 0) is 54.7 Å². The standard InChI is InChI=1S/C26H35F2N3/c27-23-13-9-21(10-14-23)25(22-11-15-24(28)16-12-22)17-20-31-26-29-18-7-5-3-1-2-4-6-8-19-30-26/h9-16,25H,1-8,17-20H2,(H2,29,30,31). The summed E-state index contributed by atoms with van der Waals surface area (Å²) in [5.41, 5.74) is 2.05. The van der Waals surface area contributed by atoms with Crippen molar-refractivity contribution in [3.8, 4) is 0 Å². The highest BCUT2D eigenvalue weighted by Crippen LogP contribution is 2.28. The summed E-state index contributed by atoms with van der Waals surface area (Å²) >= 11 is 0. The molecule has 168 valence electrons. The lowest BCUT2D eigenvalue weighted by atomic mass is 9.88. The Morgan fingerprint density at radius 1 is 0.742 bits per heavy atom. The lowest BCUT2D eigenvalue weighted by Gasteiger charge is -2.20. The molecular formula is C26H35F2N3. The normalized spacial score (nSPS) is 16.4. The van der Waals surface area contributed by atoms with Crippen LogP contribution >= 0.6 is 0 Å². The molecule has 0 fully saturated rings. The molecule has 0 aromatic heterocycles. The van der Waals surface area contributed by atoms with Crippen LogP contribution in [-0.2, 0) is 0 Å². The zero-order valence-electron chi connectivity index (χ0n) is 18.4. The Balaban J connectivity index is 1.62. The van der Waals surface area contributed by atoms with Crippen molar-refractivity contribution in [1.29, 1.82) is 0 Å². The fraction of sp³-hybridized carbons (Fsp3) is 0.500. The Labute approximate surface area is 185 Å². The second-order valence-electron chi connectivity index (χ2n) is 8.36. The smallest absolute Gasteiger partial charge is 0.191 e. The van der Waals surface area contributed by atoms with Crippen LogP contribution in [0.3, 0.4) is 0 Å². The van der Waals surface area contributed by atoms with E-state index in [9.17, 15) is 8.78 Å². The number of hydrogen-bond donors (Lipinski definition) is 2. The lowest BCUT2D eigenvalue weighted by Crippen LogP contribution is -2.39. The van der Waals surface area contributed by atoms with Crippen LogP contribution in [-0.4, -0.2) is 25.6 Å². The Kier molecular flexibility index (Phi) is 9.81. The van der Waals surface area contributed by atoms with Gasteiger partial charge in [-0.15, -0.1) is 0 Å². The Bertz CT molecular complexity index is 742. The summed E-state index contributed by atoms with van der Waals surface area (Å²) in [6, 6.07) is 13.2. The highest BCUT2D eigenvalue weighted by atomic mass is 19.1. The van der Waals surface area contributed by atoms with E-state index in [-0.39, 0.29) is 17.6 Å². The molecule has 3 rings (SSSR count). The van der Waals surface area contributed by atoms with Gasteiger partial charge >= 0.3 is 0 Å². The van der Waals surface area contributed by atoms with Crippen molar-refractivity contribution in [3.63, 3.8) is 0 Å². The molecule has 31 heavy (non-hydrogen) atoms. The maximum atomic E-state index is 13.4. The molecule has 0 spiro atoms. The summed E-state index contributed by atoms with van der Waals surface area (Å²) < 4.78 is 26.9. The molecule has 0 unspecified atom stereocenters. The SMILES string of the molecule is Fc1ccc(C(CCNC2=NCCCCCCCCCCN2)c2ccc(F)cc2)cc1. The van der Waals surface area contributed by atoms with Crippen LogP contribution in [0.2, 0.25) is 0 Å². The van der Waals surface area contributed by atoms with Gasteiger partial charge in [0.15, 0.2) is 5.96 Å². The van der Waals surface area contributed by atoms with Crippen LogP contribution in [0.15, 0.2) is 53.5 Å². The number of aliphatic imine (C=N–C) groups is 1. The van der Waals surface area contributed by atoms with Crippen molar-refractivity contribution >= 4 is 5.96 Å². The fourth-order valence-corrected chi connectivity index (χ4v) is 4.12. The minimum atomic E-state index is -0.248. The third-order valence-corrected chi connectivity index (χ3v) is 5.92. The monoisotopic (exact) mass is 427 g/mol. The average Bonchev–Trinajstić information content (AvgIpc) is 2.80. The number of halogens is 2. The molecule has 1 aliphatic rings. The van der Waals surface area contributed by atoms with E-state index < -0.39 is 0 Å². The minimum absolute atomic E-state index is 0.0593. The summed E-state index contributed by atoms with van der Waals surface area (Å²) in [5.74, 6) is 0.435. The number of nitrogens with zero attached hydrogens (tertiary/aromatic N) is 1. The number of rotatable bonds is 5. The van der Waals surface area contributed by atoms with E-state index in [0.29, 0.717) is 0 Å². The van der Waals surface area contributed by atoms with E-state index in [1.54, 1.807) is 0 Å². The maximum absolute atomic E-state index is 13.4. The van der Waals surface area contributed by atoms with E-state index in [2.05, 4.69) is 10.6 Å². The van der Waals surface area contributed by atoms with Gasteiger partial charge in [-0.1, -0.05) is 62.8 Å². The maximum Gasteiger partial charge on any atom is 0.191 e. The number of guanidine groups is 1. The van der Waals surface area contributed by atoms with Gasteiger partial charge in [0.05, 0.1) is 0 Å². The zero-order valence-corrected chi connectivity index (χ0v) is 18.4. The topological polar surface area (TPSA) is 36.4 Å². The van der Waals surface area contributed by atoms with E-state index in [1.807, 2.05) is 24.3 Å². The first-order chi connectivity index (χ1) is 15.2. The van der Waals surface area contributed by atoms with Crippen LogP contribution in [0.4, 0.5) is 8.78 Å². The van der Waals surface area contributed by atoms with Crippen LogP contribution < -0.4 is 10.6 Å². The lowest BCUT2D eigenvalue weighted by molar-refractivity contribution is 0.571. The molecule has 2 aromatic carbocycles. The molecule has 1 aliphatic heterocycles. The van der Waals surface area contributed by atoms with Crippen molar-refractivity contribution < 1.29 is 8.78 Å². The van der Waals surface area contributed by atoms with Crippen LogP contribution in [0.25, 0.3) is 0 Å². The summed E-state index contributed by atoms with van der Waals surface area (Å²) in [5, 5.41) is 6.94. The van der Waals surface area contributed by atoms with Gasteiger partial charge in [0.25, 0.3) is 0 Å². The number of benzene rings is 2. The molecule has 0 radical (unpaired) electrons. The van der Waals surface area contributed by atoms with Gasteiger partial charge < -0.3 is 10.6 Å². The predicted molar refractivity (Wildman–Crippen MR) is 125 cm³/mol. The molecule has 0 saturated heterocycles. The molecule has 0 aliphatic carbocycles. The second-order valence-corrected chi connectivity index (χ2v) is 8.36. The third kappa shape index (κ3) is 8.31. The molecule has 0 amide bonds.